The maximum Gasteiger partial charge on any atom is 0.220 e. The number of ether oxygens (including phenoxy) is 1. The standard InChI is InChI=1S/C11H17NO2S4/c1-2-14-11(15)17-9(4-5-12)8-10-16-6-3-7-18(10)13/h9-10H,2-4,6-8H2,1H3. The molecular formula is C11H17NO2S4. The first-order chi connectivity index (χ1) is 8.67. The minimum Gasteiger partial charge on any atom is -0.479 e. The predicted molar refractivity (Wildman–Crippen MR) is 84.3 cm³/mol. The Balaban J connectivity index is 2.48. The molecule has 1 heterocycles. The summed E-state index contributed by atoms with van der Waals surface area (Å²) < 4.78 is 17.8. The van der Waals surface area contributed by atoms with Crippen molar-refractivity contribution >= 4 is 50.9 Å². The van der Waals surface area contributed by atoms with E-state index in [-0.39, 0.29) is 9.83 Å². The summed E-state index contributed by atoms with van der Waals surface area (Å²) in [6.45, 7) is 2.44. The van der Waals surface area contributed by atoms with Crippen LogP contribution in [-0.2, 0) is 15.5 Å². The van der Waals surface area contributed by atoms with Crippen molar-refractivity contribution in [2.24, 2.45) is 0 Å². The predicted octanol–water partition coefficient (Wildman–Crippen LogP) is 2.93. The Morgan fingerprint density at radius 3 is 3.17 bits per heavy atom. The normalized spacial score (nSPS) is 25.1. The molecule has 18 heavy (non-hydrogen) atoms. The smallest absolute Gasteiger partial charge is 0.220 e. The molecule has 0 aromatic heterocycles. The lowest BCUT2D eigenvalue weighted by Crippen LogP contribution is -2.24. The Morgan fingerprint density at radius 2 is 2.56 bits per heavy atom. The molecule has 1 fully saturated rings. The maximum atomic E-state index is 11.9. The van der Waals surface area contributed by atoms with Crippen LogP contribution in [0.25, 0.3) is 0 Å². The van der Waals surface area contributed by atoms with Crippen LogP contribution >= 0.6 is 35.7 Å². The average molecular weight is 324 g/mol. The van der Waals surface area contributed by atoms with E-state index in [4.69, 9.17) is 22.2 Å². The van der Waals surface area contributed by atoms with Gasteiger partial charge in [-0.05, 0) is 37.7 Å². The number of hydrogen-bond acceptors (Lipinski definition) is 6. The van der Waals surface area contributed by atoms with Crippen molar-refractivity contribution in [3.63, 3.8) is 0 Å². The van der Waals surface area contributed by atoms with E-state index in [0.717, 1.165) is 24.3 Å². The number of hydrogen-bond donors (Lipinski definition) is 0. The van der Waals surface area contributed by atoms with Gasteiger partial charge in [0.25, 0.3) is 0 Å². The Bertz CT molecular complexity index is 342. The average Bonchev–Trinajstić information content (AvgIpc) is 2.32. The van der Waals surface area contributed by atoms with Crippen molar-refractivity contribution in [2.45, 2.75) is 36.0 Å². The Hall–Kier alpha value is 0.230. The lowest BCUT2D eigenvalue weighted by atomic mass is 10.2. The van der Waals surface area contributed by atoms with Gasteiger partial charge in [-0.1, -0.05) is 11.8 Å². The van der Waals surface area contributed by atoms with Crippen LogP contribution in [0, 0.1) is 11.3 Å². The summed E-state index contributed by atoms with van der Waals surface area (Å²) >= 11 is 8.28. The highest BCUT2D eigenvalue weighted by atomic mass is 32.2. The van der Waals surface area contributed by atoms with Gasteiger partial charge in [-0.2, -0.15) is 5.26 Å². The summed E-state index contributed by atoms with van der Waals surface area (Å²) in [4.78, 5) is 0. The van der Waals surface area contributed by atoms with Gasteiger partial charge in [-0.25, -0.2) is 0 Å². The first kappa shape index (κ1) is 16.3. The zero-order valence-corrected chi connectivity index (χ0v) is 13.6. The van der Waals surface area contributed by atoms with Gasteiger partial charge in [0.2, 0.25) is 4.38 Å². The molecule has 0 aromatic rings. The van der Waals surface area contributed by atoms with Gasteiger partial charge < -0.3 is 4.74 Å². The summed E-state index contributed by atoms with van der Waals surface area (Å²) in [5.74, 6) is 1.85. The topological polar surface area (TPSA) is 50.1 Å². The molecular weight excluding hydrogens is 306 g/mol. The van der Waals surface area contributed by atoms with Crippen LogP contribution < -0.4 is 0 Å². The zero-order chi connectivity index (χ0) is 13.4. The zero-order valence-electron chi connectivity index (χ0n) is 10.3. The SMILES string of the molecule is CCOC(=S)SC(CC#N)CC1SCCCS1=O. The van der Waals surface area contributed by atoms with Crippen LogP contribution in [0.4, 0.5) is 0 Å². The third-order valence-electron chi connectivity index (χ3n) is 2.39. The molecule has 7 heteroatoms. The van der Waals surface area contributed by atoms with Gasteiger partial charge in [0.15, 0.2) is 0 Å². The van der Waals surface area contributed by atoms with E-state index in [0.29, 0.717) is 17.4 Å². The highest BCUT2D eigenvalue weighted by molar-refractivity contribution is 8.23. The van der Waals surface area contributed by atoms with E-state index in [1.54, 1.807) is 11.8 Å². The first-order valence-corrected chi connectivity index (χ1v) is 9.58. The molecule has 0 aliphatic carbocycles. The molecule has 0 spiro atoms. The molecule has 102 valence electrons. The monoisotopic (exact) mass is 323 g/mol. The number of thioether (sulfide) groups is 2. The van der Waals surface area contributed by atoms with Crippen LogP contribution in [0.5, 0.6) is 0 Å². The number of rotatable bonds is 5. The van der Waals surface area contributed by atoms with Crippen LogP contribution in [0.2, 0.25) is 0 Å². The fourth-order valence-corrected chi connectivity index (χ4v) is 6.70. The number of nitrogens with zero attached hydrogens (tertiary/aromatic N) is 1. The highest BCUT2D eigenvalue weighted by Crippen LogP contribution is 2.31. The number of thiocarbonyl (C=S) groups is 1. The second-order valence-electron chi connectivity index (χ2n) is 3.76. The fourth-order valence-electron chi connectivity index (χ4n) is 1.58. The molecule has 0 saturated carbocycles. The third-order valence-corrected chi connectivity index (χ3v) is 7.41. The van der Waals surface area contributed by atoms with E-state index in [2.05, 4.69) is 6.07 Å². The fraction of sp³-hybridized carbons (Fsp3) is 0.818. The summed E-state index contributed by atoms with van der Waals surface area (Å²) in [5.41, 5.74) is 0. The summed E-state index contributed by atoms with van der Waals surface area (Å²) in [6.07, 6.45) is 2.22. The van der Waals surface area contributed by atoms with Crippen molar-refractivity contribution in [1.29, 1.82) is 5.26 Å². The van der Waals surface area contributed by atoms with E-state index >= 15 is 0 Å². The van der Waals surface area contributed by atoms with Crippen molar-refractivity contribution < 1.29 is 8.95 Å². The molecule has 0 amide bonds. The lowest BCUT2D eigenvalue weighted by molar-refractivity contribution is 0.346. The van der Waals surface area contributed by atoms with Gasteiger partial charge in [-0.15, -0.1) is 11.8 Å². The van der Waals surface area contributed by atoms with Crippen LogP contribution in [0.3, 0.4) is 0 Å². The summed E-state index contributed by atoms with van der Waals surface area (Å²) in [5, 5.41) is 8.94. The van der Waals surface area contributed by atoms with E-state index in [9.17, 15) is 4.21 Å². The van der Waals surface area contributed by atoms with Gasteiger partial charge in [0.05, 0.1) is 17.3 Å². The Kier molecular flexibility index (Phi) is 8.31. The first-order valence-electron chi connectivity index (χ1n) is 5.86. The largest absolute Gasteiger partial charge is 0.479 e. The van der Waals surface area contributed by atoms with Crippen molar-refractivity contribution in [2.75, 3.05) is 18.1 Å². The minimum atomic E-state index is -0.765. The highest BCUT2D eigenvalue weighted by Gasteiger charge is 2.26. The van der Waals surface area contributed by atoms with Crippen molar-refractivity contribution in [3.8, 4) is 6.07 Å². The Morgan fingerprint density at radius 1 is 1.78 bits per heavy atom. The molecule has 1 saturated heterocycles. The molecule has 3 unspecified atom stereocenters. The van der Waals surface area contributed by atoms with E-state index < -0.39 is 10.8 Å². The summed E-state index contributed by atoms with van der Waals surface area (Å²) in [7, 11) is -0.765. The molecule has 3 atom stereocenters. The second kappa shape index (κ2) is 9.18. The molecule has 0 N–H and O–H groups in total. The molecule has 1 aliphatic heterocycles. The van der Waals surface area contributed by atoms with Crippen molar-refractivity contribution in [3.05, 3.63) is 0 Å². The molecule has 1 rings (SSSR count). The van der Waals surface area contributed by atoms with E-state index in [1.165, 1.54) is 11.8 Å². The van der Waals surface area contributed by atoms with Crippen molar-refractivity contribution in [1.82, 2.24) is 0 Å². The van der Waals surface area contributed by atoms with Gasteiger partial charge in [-0.3, -0.25) is 4.21 Å². The maximum absolute atomic E-state index is 11.9. The number of nitriles is 1. The van der Waals surface area contributed by atoms with Gasteiger partial charge in [0.1, 0.15) is 0 Å². The van der Waals surface area contributed by atoms with Crippen LogP contribution in [0.1, 0.15) is 26.2 Å². The molecule has 0 radical (unpaired) electrons. The molecule has 0 bridgehead atoms. The van der Waals surface area contributed by atoms with Gasteiger partial charge >= 0.3 is 0 Å². The third kappa shape index (κ3) is 5.91. The molecule has 3 nitrogen and oxygen atoms in total. The molecule has 0 aromatic carbocycles. The van der Waals surface area contributed by atoms with Crippen LogP contribution in [0.15, 0.2) is 0 Å². The Labute approximate surface area is 125 Å². The van der Waals surface area contributed by atoms with E-state index in [1.807, 2.05) is 6.92 Å². The molecule has 1 aliphatic rings. The quantitative estimate of drug-likeness (QED) is 0.725. The van der Waals surface area contributed by atoms with Crippen LogP contribution in [-0.4, -0.2) is 36.5 Å². The second-order valence-corrected chi connectivity index (χ2v) is 9.01. The van der Waals surface area contributed by atoms with Gasteiger partial charge in [0, 0.05) is 28.2 Å². The lowest BCUT2D eigenvalue weighted by Gasteiger charge is -2.24. The minimum absolute atomic E-state index is 0.0913. The summed E-state index contributed by atoms with van der Waals surface area (Å²) in [6, 6.07) is 2.18.